The van der Waals surface area contributed by atoms with Crippen molar-refractivity contribution in [3.05, 3.63) is 25.3 Å². The van der Waals surface area contributed by atoms with E-state index in [1.165, 1.54) is 0 Å². The fraction of sp³-hybridized carbons (Fsp3) is 0.714. The summed E-state index contributed by atoms with van der Waals surface area (Å²) in [6, 6.07) is 0.129. The van der Waals surface area contributed by atoms with Crippen LogP contribution in [0.4, 0.5) is 0 Å². The predicted molar refractivity (Wildman–Crippen MR) is 76.1 cm³/mol. The summed E-state index contributed by atoms with van der Waals surface area (Å²) in [6.45, 7) is 9.38. The van der Waals surface area contributed by atoms with Crippen LogP contribution in [0.25, 0.3) is 0 Å². The summed E-state index contributed by atoms with van der Waals surface area (Å²) in [5, 5.41) is 12.5. The maximum Gasteiger partial charge on any atom is 0.160 e. The van der Waals surface area contributed by atoms with Crippen molar-refractivity contribution >= 4 is 0 Å². The molecule has 1 saturated heterocycles. The van der Waals surface area contributed by atoms with E-state index in [4.69, 9.17) is 14.3 Å². The fourth-order valence-corrected chi connectivity index (χ4v) is 2.38. The first kappa shape index (κ1) is 17.3. The lowest BCUT2D eigenvalue weighted by molar-refractivity contribution is -0.259. The smallest absolute Gasteiger partial charge is 0.160 e. The molecule has 1 rings (SSSR count). The average molecular weight is 286 g/mol. The lowest BCUT2D eigenvalue weighted by Crippen LogP contribution is -2.39. The molecule has 1 heterocycles. The Bertz CT molecular complexity index is 299. The van der Waals surface area contributed by atoms with Gasteiger partial charge in [0.1, 0.15) is 0 Å². The molecule has 1 aliphatic rings. The van der Waals surface area contributed by atoms with Crippen molar-refractivity contribution in [3.8, 4) is 0 Å². The van der Waals surface area contributed by atoms with Crippen LogP contribution in [-0.2, 0) is 14.3 Å². The standard InChI is InChI=1S/C14H26N2O4/c1-5-8-18-10-7-13-12(11-19-9-6-2)14(15(3)17)20-16(13)4/h5-6,12-14,17H,1-2,7-11H2,3-4H3. The molecule has 0 aromatic heterocycles. The van der Waals surface area contributed by atoms with Crippen LogP contribution in [0.3, 0.4) is 0 Å². The molecule has 0 aliphatic carbocycles. The first-order valence-electron chi connectivity index (χ1n) is 6.80. The maximum atomic E-state index is 9.69. The Morgan fingerprint density at radius 1 is 1.30 bits per heavy atom. The van der Waals surface area contributed by atoms with E-state index in [0.717, 1.165) is 11.5 Å². The van der Waals surface area contributed by atoms with Gasteiger partial charge in [0.15, 0.2) is 6.23 Å². The minimum atomic E-state index is -0.408. The van der Waals surface area contributed by atoms with Crippen molar-refractivity contribution < 1.29 is 19.5 Å². The minimum Gasteiger partial charge on any atom is -0.377 e. The molecule has 0 radical (unpaired) electrons. The summed E-state index contributed by atoms with van der Waals surface area (Å²) in [5.74, 6) is 0.0438. The molecular formula is C14H26N2O4. The molecule has 1 N–H and O–H groups in total. The van der Waals surface area contributed by atoms with Crippen molar-refractivity contribution in [3.63, 3.8) is 0 Å². The highest BCUT2D eigenvalue weighted by Crippen LogP contribution is 2.30. The minimum absolute atomic E-state index is 0.0438. The van der Waals surface area contributed by atoms with Crippen LogP contribution in [0.5, 0.6) is 0 Å². The SMILES string of the molecule is C=CCOCCC1C(COCC=C)C(N(C)O)ON1C. The third-order valence-corrected chi connectivity index (χ3v) is 3.31. The monoisotopic (exact) mass is 286 g/mol. The molecule has 0 saturated carbocycles. The Hall–Kier alpha value is -0.760. The van der Waals surface area contributed by atoms with Gasteiger partial charge in [0, 0.05) is 32.7 Å². The molecule has 3 unspecified atom stereocenters. The molecule has 3 atom stereocenters. The highest BCUT2D eigenvalue weighted by Gasteiger charge is 2.43. The Balaban J connectivity index is 2.56. The predicted octanol–water partition coefficient (Wildman–Crippen LogP) is 1.29. The van der Waals surface area contributed by atoms with Crippen LogP contribution < -0.4 is 0 Å². The van der Waals surface area contributed by atoms with Crippen LogP contribution >= 0.6 is 0 Å². The van der Waals surface area contributed by atoms with E-state index in [1.54, 1.807) is 24.3 Å². The van der Waals surface area contributed by atoms with Crippen LogP contribution in [0.1, 0.15) is 6.42 Å². The van der Waals surface area contributed by atoms with Crippen LogP contribution in [0.15, 0.2) is 25.3 Å². The first-order valence-corrected chi connectivity index (χ1v) is 6.80. The van der Waals surface area contributed by atoms with Crippen LogP contribution in [0, 0.1) is 5.92 Å². The zero-order valence-electron chi connectivity index (χ0n) is 12.4. The van der Waals surface area contributed by atoms with Crippen LogP contribution in [-0.4, -0.2) is 68.1 Å². The maximum absolute atomic E-state index is 9.69. The van der Waals surface area contributed by atoms with Crippen molar-refractivity contribution in [2.24, 2.45) is 5.92 Å². The number of hydrogen-bond acceptors (Lipinski definition) is 6. The van der Waals surface area contributed by atoms with Crippen molar-refractivity contribution in [2.45, 2.75) is 18.7 Å². The second-order valence-electron chi connectivity index (χ2n) is 4.83. The van der Waals surface area contributed by atoms with E-state index in [2.05, 4.69) is 13.2 Å². The van der Waals surface area contributed by atoms with Gasteiger partial charge in [0.2, 0.25) is 0 Å². The third kappa shape index (κ3) is 4.97. The summed E-state index contributed by atoms with van der Waals surface area (Å²) in [5.41, 5.74) is 0. The van der Waals surface area contributed by atoms with Gasteiger partial charge in [0.05, 0.1) is 19.8 Å². The quantitative estimate of drug-likeness (QED) is 0.371. The van der Waals surface area contributed by atoms with Crippen molar-refractivity contribution in [1.82, 2.24) is 10.1 Å². The van der Waals surface area contributed by atoms with Gasteiger partial charge in [0.25, 0.3) is 0 Å². The van der Waals surface area contributed by atoms with Gasteiger partial charge in [-0.05, 0) is 6.42 Å². The molecule has 0 amide bonds. The lowest BCUT2D eigenvalue weighted by Gasteiger charge is -2.24. The van der Waals surface area contributed by atoms with Gasteiger partial charge in [-0.2, -0.15) is 10.1 Å². The molecule has 0 aromatic carbocycles. The molecule has 0 bridgehead atoms. The Morgan fingerprint density at radius 2 is 1.95 bits per heavy atom. The molecule has 116 valence electrons. The zero-order chi connectivity index (χ0) is 15.0. The lowest BCUT2D eigenvalue weighted by atomic mass is 9.97. The van der Waals surface area contributed by atoms with E-state index in [0.29, 0.717) is 26.4 Å². The van der Waals surface area contributed by atoms with Gasteiger partial charge in [-0.1, -0.05) is 12.2 Å². The molecule has 20 heavy (non-hydrogen) atoms. The van der Waals surface area contributed by atoms with E-state index < -0.39 is 6.23 Å². The van der Waals surface area contributed by atoms with Gasteiger partial charge < -0.3 is 14.7 Å². The molecule has 6 heteroatoms. The highest BCUT2D eigenvalue weighted by molar-refractivity contribution is 4.85. The van der Waals surface area contributed by atoms with E-state index in [9.17, 15) is 5.21 Å². The number of hydrogen-bond donors (Lipinski definition) is 1. The molecule has 1 aliphatic heterocycles. The number of ether oxygens (including phenoxy) is 2. The summed E-state index contributed by atoms with van der Waals surface area (Å²) < 4.78 is 11.0. The number of nitrogens with zero attached hydrogens (tertiary/aromatic N) is 2. The largest absolute Gasteiger partial charge is 0.377 e. The van der Waals surface area contributed by atoms with Gasteiger partial charge >= 0.3 is 0 Å². The second-order valence-corrected chi connectivity index (χ2v) is 4.83. The Kier molecular flexibility index (Phi) is 7.98. The number of hydroxylamine groups is 4. The third-order valence-electron chi connectivity index (χ3n) is 3.31. The summed E-state index contributed by atoms with van der Waals surface area (Å²) in [6.07, 6.45) is 3.83. The molecule has 0 aromatic rings. The van der Waals surface area contributed by atoms with Gasteiger partial charge in [-0.3, -0.25) is 4.84 Å². The fourth-order valence-electron chi connectivity index (χ4n) is 2.38. The topological polar surface area (TPSA) is 54.4 Å². The van der Waals surface area contributed by atoms with Crippen LogP contribution in [0.2, 0.25) is 0 Å². The Labute approximate surface area is 121 Å². The Morgan fingerprint density at radius 3 is 2.55 bits per heavy atom. The molecule has 1 fully saturated rings. The van der Waals surface area contributed by atoms with Crippen molar-refractivity contribution in [2.75, 3.05) is 40.5 Å². The van der Waals surface area contributed by atoms with Gasteiger partial charge in [-0.25, -0.2) is 0 Å². The van der Waals surface area contributed by atoms with Gasteiger partial charge in [-0.15, -0.1) is 13.2 Å². The van der Waals surface area contributed by atoms with Crippen molar-refractivity contribution in [1.29, 1.82) is 0 Å². The summed E-state index contributed by atoms with van der Waals surface area (Å²) in [7, 11) is 3.44. The van der Waals surface area contributed by atoms with E-state index >= 15 is 0 Å². The zero-order valence-corrected chi connectivity index (χ0v) is 12.4. The molecule has 6 nitrogen and oxygen atoms in total. The summed E-state index contributed by atoms with van der Waals surface area (Å²) in [4.78, 5) is 5.66. The highest BCUT2D eigenvalue weighted by atomic mass is 16.7. The summed E-state index contributed by atoms with van der Waals surface area (Å²) >= 11 is 0. The average Bonchev–Trinajstić information content (AvgIpc) is 2.72. The number of rotatable bonds is 10. The van der Waals surface area contributed by atoms with E-state index in [1.807, 2.05) is 7.05 Å². The first-order chi connectivity index (χ1) is 9.61. The molecule has 0 spiro atoms. The second kappa shape index (κ2) is 9.23. The normalized spacial score (nSPS) is 27.1. The van der Waals surface area contributed by atoms with E-state index in [-0.39, 0.29) is 12.0 Å². The molecular weight excluding hydrogens is 260 g/mol.